The van der Waals surface area contributed by atoms with E-state index in [1.54, 1.807) is 24.3 Å². The Labute approximate surface area is 114 Å². The number of halogens is 4. The van der Waals surface area contributed by atoms with Crippen LogP contribution in [0, 0.1) is 12.7 Å². The summed E-state index contributed by atoms with van der Waals surface area (Å²) in [6.45, 7) is 1.86. The van der Waals surface area contributed by atoms with Crippen LogP contribution >= 0.6 is 0 Å². The van der Waals surface area contributed by atoms with Gasteiger partial charge in [-0.15, -0.1) is 0 Å². The minimum Gasteiger partial charge on any atom is -0.320 e. The lowest BCUT2D eigenvalue weighted by Gasteiger charge is -2.19. The molecule has 0 amide bonds. The second kappa shape index (κ2) is 5.25. The molecule has 0 aromatic heterocycles. The third kappa shape index (κ3) is 2.99. The first-order valence-electron chi connectivity index (χ1n) is 5.98. The Morgan fingerprint density at radius 3 is 2.15 bits per heavy atom. The summed E-state index contributed by atoms with van der Waals surface area (Å²) in [5.41, 5.74) is 6.17. The maximum absolute atomic E-state index is 13.3. The van der Waals surface area contributed by atoms with Gasteiger partial charge < -0.3 is 5.73 Å². The zero-order valence-corrected chi connectivity index (χ0v) is 10.7. The van der Waals surface area contributed by atoms with Gasteiger partial charge in [0, 0.05) is 0 Å². The van der Waals surface area contributed by atoms with Crippen molar-refractivity contribution in [2.24, 2.45) is 5.73 Å². The molecule has 0 aliphatic rings. The van der Waals surface area contributed by atoms with Crippen LogP contribution in [-0.4, -0.2) is 0 Å². The highest BCUT2D eigenvalue weighted by molar-refractivity contribution is 5.39. The van der Waals surface area contributed by atoms with E-state index in [4.69, 9.17) is 5.73 Å². The molecule has 106 valence electrons. The Bertz CT molecular complexity index is 602. The molecule has 1 unspecified atom stereocenters. The van der Waals surface area contributed by atoms with Crippen molar-refractivity contribution in [1.82, 2.24) is 0 Å². The lowest BCUT2D eigenvalue weighted by molar-refractivity contribution is -0.138. The fraction of sp³-hybridized carbons (Fsp3) is 0.200. The molecule has 1 nitrogen and oxygen atoms in total. The van der Waals surface area contributed by atoms with Crippen molar-refractivity contribution in [3.8, 4) is 0 Å². The van der Waals surface area contributed by atoms with Crippen LogP contribution in [0.4, 0.5) is 17.6 Å². The molecule has 0 fully saturated rings. The maximum Gasteiger partial charge on any atom is 0.416 e. The first-order chi connectivity index (χ1) is 9.29. The topological polar surface area (TPSA) is 26.0 Å². The van der Waals surface area contributed by atoms with Gasteiger partial charge in [-0.1, -0.05) is 29.8 Å². The molecule has 0 bridgehead atoms. The smallest absolute Gasteiger partial charge is 0.320 e. The van der Waals surface area contributed by atoms with Gasteiger partial charge >= 0.3 is 6.18 Å². The van der Waals surface area contributed by atoms with Gasteiger partial charge in [0.15, 0.2) is 0 Å². The number of rotatable bonds is 2. The standard InChI is InChI=1S/C15H13F4N/c1-9-2-4-10(5-3-9)14(20)12-8-11(16)6-7-13(12)15(17,18)19/h2-8,14H,20H2,1H3. The Kier molecular flexibility index (Phi) is 3.81. The Morgan fingerprint density at radius 2 is 1.60 bits per heavy atom. The molecule has 20 heavy (non-hydrogen) atoms. The highest BCUT2D eigenvalue weighted by atomic mass is 19.4. The summed E-state index contributed by atoms with van der Waals surface area (Å²) in [7, 11) is 0. The van der Waals surface area contributed by atoms with Gasteiger partial charge in [0.1, 0.15) is 5.82 Å². The van der Waals surface area contributed by atoms with Crippen LogP contribution in [0.1, 0.15) is 28.3 Å². The summed E-state index contributed by atoms with van der Waals surface area (Å²) in [5.74, 6) is -0.740. The molecular formula is C15H13F4N. The minimum atomic E-state index is -4.56. The average molecular weight is 283 g/mol. The fourth-order valence-electron chi connectivity index (χ4n) is 2.00. The molecule has 0 aliphatic carbocycles. The van der Waals surface area contributed by atoms with Crippen molar-refractivity contribution in [3.63, 3.8) is 0 Å². The summed E-state index contributed by atoms with van der Waals surface area (Å²) in [5, 5.41) is 0. The van der Waals surface area contributed by atoms with Gasteiger partial charge in [-0.2, -0.15) is 13.2 Å². The van der Waals surface area contributed by atoms with E-state index in [2.05, 4.69) is 0 Å². The minimum absolute atomic E-state index is 0.263. The molecule has 5 heteroatoms. The van der Waals surface area contributed by atoms with Crippen molar-refractivity contribution in [1.29, 1.82) is 0 Å². The van der Waals surface area contributed by atoms with E-state index in [0.717, 1.165) is 23.8 Å². The number of hydrogen-bond donors (Lipinski definition) is 1. The van der Waals surface area contributed by atoms with E-state index >= 15 is 0 Å². The van der Waals surface area contributed by atoms with Gasteiger partial charge in [-0.3, -0.25) is 0 Å². The summed E-state index contributed by atoms with van der Waals surface area (Å²) in [6, 6.07) is 8.11. The van der Waals surface area contributed by atoms with Crippen LogP contribution in [0.15, 0.2) is 42.5 Å². The number of hydrogen-bond acceptors (Lipinski definition) is 1. The third-order valence-corrected chi connectivity index (χ3v) is 3.09. The van der Waals surface area contributed by atoms with Crippen LogP contribution < -0.4 is 5.73 Å². The molecule has 2 aromatic rings. The quantitative estimate of drug-likeness (QED) is 0.821. The zero-order chi connectivity index (χ0) is 14.9. The lowest BCUT2D eigenvalue weighted by Crippen LogP contribution is -2.18. The normalized spacial score (nSPS) is 13.3. The van der Waals surface area contributed by atoms with Gasteiger partial charge in [0.25, 0.3) is 0 Å². The molecule has 0 aliphatic heterocycles. The molecule has 2 aromatic carbocycles. The van der Waals surface area contributed by atoms with Gasteiger partial charge in [0.05, 0.1) is 11.6 Å². The summed E-state index contributed by atoms with van der Waals surface area (Å²) >= 11 is 0. The molecule has 0 saturated carbocycles. The molecular weight excluding hydrogens is 270 g/mol. The third-order valence-electron chi connectivity index (χ3n) is 3.09. The predicted octanol–water partition coefficient (Wildman–Crippen LogP) is 4.20. The largest absolute Gasteiger partial charge is 0.416 e. The van der Waals surface area contributed by atoms with Crippen LogP contribution in [0.3, 0.4) is 0 Å². The first-order valence-corrected chi connectivity index (χ1v) is 5.98. The fourth-order valence-corrected chi connectivity index (χ4v) is 2.00. The van der Waals surface area contributed by atoms with E-state index in [9.17, 15) is 17.6 Å². The van der Waals surface area contributed by atoms with Crippen molar-refractivity contribution in [3.05, 3.63) is 70.5 Å². The van der Waals surface area contributed by atoms with E-state index < -0.39 is 23.6 Å². The van der Waals surface area contributed by atoms with Gasteiger partial charge in [-0.25, -0.2) is 4.39 Å². The second-order valence-corrected chi connectivity index (χ2v) is 4.62. The summed E-state index contributed by atoms with van der Waals surface area (Å²) in [4.78, 5) is 0. The van der Waals surface area contributed by atoms with Gasteiger partial charge in [-0.05, 0) is 36.2 Å². The van der Waals surface area contributed by atoms with Crippen molar-refractivity contribution in [2.45, 2.75) is 19.1 Å². The van der Waals surface area contributed by atoms with Crippen LogP contribution in [0.25, 0.3) is 0 Å². The molecule has 0 radical (unpaired) electrons. The molecule has 2 N–H and O–H groups in total. The lowest BCUT2D eigenvalue weighted by atomic mass is 9.94. The van der Waals surface area contributed by atoms with Gasteiger partial charge in [0.2, 0.25) is 0 Å². The first kappa shape index (κ1) is 14.5. The van der Waals surface area contributed by atoms with E-state index in [0.29, 0.717) is 5.56 Å². The van der Waals surface area contributed by atoms with E-state index in [1.165, 1.54) is 0 Å². The number of benzene rings is 2. The van der Waals surface area contributed by atoms with Crippen LogP contribution in [-0.2, 0) is 6.18 Å². The SMILES string of the molecule is Cc1ccc(C(N)c2cc(F)ccc2C(F)(F)F)cc1. The highest BCUT2D eigenvalue weighted by Crippen LogP contribution is 2.36. The Balaban J connectivity index is 2.50. The zero-order valence-electron chi connectivity index (χ0n) is 10.7. The Morgan fingerprint density at radius 1 is 1.00 bits per heavy atom. The maximum atomic E-state index is 13.3. The summed E-state index contributed by atoms with van der Waals surface area (Å²) < 4.78 is 52.1. The van der Waals surface area contributed by atoms with E-state index in [1.807, 2.05) is 6.92 Å². The number of aryl methyl sites for hydroxylation is 1. The molecule has 0 saturated heterocycles. The summed E-state index contributed by atoms with van der Waals surface area (Å²) in [6.07, 6.45) is -4.56. The number of nitrogens with two attached hydrogens (primary N) is 1. The highest BCUT2D eigenvalue weighted by Gasteiger charge is 2.35. The van der Waals surface area contributed by atoms with Crippen LogP contribution in [0.2, 0.25) is 0 Å². The Hall–Kier alpha value is -1.88. The molecule has 2 rings (SSSR count). The average Bonchev–Trinajstić information content (AvgIpc) is 2.37. The predicted molar refractivity (Wildman–Crippen MR) is 68.6 cm³/mol. The van der Waals surface area contributed by atoms with Crippen molar-refractivity contribution >= 4 is 0 Å². The monoisotopic (exact) mass is 283 g/mol. The number of alkyl halides is 3. The molecule has 0 heterocycles. The van der Waals surface area contributed by atoms with Crippen molar-refractivity contribution in [2.75, 3.05) is 0 Å². The molecule has 0 spiro atoms. The second-order valence-electron chi connectivity index (χ2n) is 4.62. The van der Waals surface area contributed by atoms with Crippen molar-refractivity contribution < 1.29 is 17.6 Å². The molecule has 1 atom stereocenters. The van der Waals surface area contributed by atoms with Crippen LogP contribution in [0.5, 0.6) is 0 Å². The van der Waals surface area contributed by atoms with E-state index in [-0.39, 0.29) is 5.56 Å².